The van der Waals surface area contributed by atoms with Crippen molar-refractivity contribution in [1.82, 2.24) is 4.90 Å². The summed E-state index contributed by atoms with van der Waals surface area (Å²) < 4.78 is 4.70. The van der Waals surface area contributed by atoms with Gasteiger partial charge in [-0.25, -0.2) is 0 Å². The molecule has 0 saturated carbocycles. The maximum absolute atomic E-state index is 11.3. The molecule has 5 nitrogen and oxygen atoms in total. The maximum atomic E-state index is 11.3. The Kier molecular flexibility index (Phi) is 3.25. The van der Waals surface area contributed by atoms with E-state index in [-0.39, 0.29) is 24.3 Å². The van der Waals surface area contributed by atoms with Gasteiger partial charge in [0.25, 0.3) is 0 Å². The number of nitrogens with zero attached hydrogens (tertiary/aromatic N) is 1. The van der Waals surface area contributed by atoms with E-state index in [0.717, 1.165) is 0 Å². The SMILES string of the molecule is COCC(=O)N1CCC(C(N)=O)C1. The highest BCUT2D eigenvalue weighted by molar-refractivity contribution is 5.81. The van der Waals surface area contributed by atoms with Crippen molar-refractivity contribution in [2.75, 3.05) is 26.8 Å². The number of methoxy groups -OCH3 is 1. The Balaban J connectivity index is 2.40. The third kappa shape index (κ3) is 2.42. The summed E-state index contributed by atoms with van der Waals surface area (Å²) in [5.41, 5.74) is 5.13. The normalized spacial score (nSPS) is 21.9. The Labute approximate surface area is 76.8 Å². The van der Waals surface area contributed by atoms with Crippen molar-refractivity contribution in [1.29, 1.82) is 0 Å². The first-order valence-corrected chi connectivity index (χ1v) is 4.21. The fraction of sp³-hybridized carbons (Fsp3) is 0.750. The number of likely N-dealkylation sites (tertiary alicyclic amines) is 1. The molecule has 1 heterocycles. The molecule has 74 valence electrons. The van der Waals surface area contributed by atoms with Crippen molar-refractivity contribution >= 4 is 11.8 Å². The quantitative estimate of drug-likeness (QED) is 0.612. The molecule has 2 N–H and O–H groups in total. The molecule has 1 unspecified atom stereocenters. The third-order valence-corrected chi connectivity index (χ3v) is 2.21. The summed E-state index contributed by atoms with van der Waals surface area (Å²) in [7, 11) is 1.47. The van der Waals surface area contributed by atoms with Gasteiger partial charge in [-0.15, -0.1) is 0 Å². The number of rotatable bonds is 3. The lowest BCUT2D eigenvalue weighted by Crippen LogP contribution is -2.33. The first kappa shape index (κ1) is 9.98. The summed E-state index contributed by atoms with van der Waals surface area (Å²) >= 11 is 0. The Morgan fingerprint density at radius 1 is 1.62 bits per heavy atom. The van der Waals surface area contributed by atoms with Crippen LogP contribution in [0.15, 0.2) is 0 Å². The molecule has 1 atom stereocenters. The molecule has 0 radical (unpaired) electrons. The Morgan fingerprint density at radius 2 is 2.31 bits per heavy atom. The maximum Gasteiger partial charge on any atom is 0.248 e. The van der Waals surface area contributed by atoms with Crippen LogP contribution in [0.1, 0.15) is 6.42 Å². The van der Waals surface area contributed by atoms with Gasteiger partial charge in [-0.05, 0) is 6.42 Å². The Hall–Kier alpha value is -1.10. The molecular weight excluding hydrogens is 172 g/mol. The fourth-order valence-electron chi connectivity index (χ4n) is 1.43. The van der Waals surface area contributed by atoms with E-state index in [9.17, 15) is 9.59 Å². The van der Waals surface area contributed by atoms with Gasteiger partial charge in [-0.1, -0.05) is 0 Å². The monoisotopic (exact) mass is 186 g/mol. The lowest BCUT2D eigenvalue weighted by Gasteiger charge is -2.14. The second kappa shape index (κ2) is 4.23. The molecule has 2 amide bonds. The smallest absolute Gasteiger partial charge is 0.248 e. The second-order valence-corrected chi connectivity index (χ2v) is 3.16. The van der Waals surface area contributed by atoms with Crippen molar-refractivity contribution < 1.29 is 14.3 Å². The summed E-state index contributed by atoms with van der Waals surface area (Å²) in [5.74, 6) is -0.584. The van der Waals surface area contributed by atoms with E-state index in [1.165, 1.54) is 7.11 Å². The zero-order chi connectivity index (χ0) is 9.84. The first-order valence-electron chi connectivity index (χ1n) is 4.21. The highest BCUT2D eigenvalue weighted by Gasteiger charge is 2.29. The molecule has 0 aromatic rings. The highest BCUT2D eigenvalue weighted by Crippen LogP contribution is 2.15. The number of ether oxygens (including phenoxy) is 1. The molecule has 1 fully saturated rings. The van der Waals surface area contributed by atoms with Gasteiger partial charge in [0, 0.05) is 20.2 Å². The minimum atomic E-state index is -0.326. The number of hydrogen-bond donors (Lipinski definition) is 1. The molecule has 0 aliphatic carbocycles. The van der Waals surface area contributed by atoms with Crippen LogP contribution < -0.4 is 5.73 Å². The summed E-state index contributed by atoms with van der Waals surface area (Å²) in [6.45, 7) is 1.12. The topological polar surface area (TPSA) is 72.6 Å². The lowest BCUT2D eigenvalue weighted by molar-refractivity contribution is -0.134. The molecule has 5 heteroatoms. The zero-order valence-corrected chi connectivity index (χ0v) is 7.66. The molecule has 1 aliphatic heterocycles. The number of carbonyl (C=O) groups is 2. The van der Waals surface area contributed by atoms with E-state index in [1.54, 1.807) is 4.90 Å². The molecule has 1 saturated heterocycles. The van der Waals surface area contributed by atoms with Gasteiger partial charge in [-0.3, -0.25) is 9.59 Å². The number of nitrogens with two attached hydrogens (primary N) is 1. The molecule has 0 aromatic heterocycles. The van der Waals surface area contributed by atoms with Gasteiger partial charge in [0.05, 0.1) is 5.92 Å². The summed E-state index contributed by atoms with van der Waals surface area (Å²) in [4.78, 5) is 23.7. The van der Waals surface area contributed by atoms with Gasteiger partial charge in [0.15, 0.2) is 0 Å². The summed E-state index contributed by atoms with van der Waals surface area (Å²) in [6.07, 6.45) is 0.671. The summed E-state index contributed by atoms with van der Waals surface area (Å²) in [6, 6.07) is 0. The van der Waals surface area contributed by atoms with Gasteiger partial charge < -0.3 is 15.4 Å². The minimum absolute atomic E-state index is 0.0749. The standard InChI is InChI=1S/C8H14N2O3/c1-13-5-7(11)10-3-2-6(4-10)8(9)12/h6H,2-5H2,1H3,(H2,9,12). The van der Waals surface area contributed by atoms with Gasteiger partial charge in [0.1, 0.15) is 6.61 Å². The lowest BCUT2D eigenvalue weighted by atomic mass is 10.1. The van der Waals surface area contributed by atoms with Crippen LogP contribution in [0, 0.1) is 5.92 Å². The van der Waals surface area contributed by atoms with Crippen LogP contribution >= 0.6 is 0 Å². The fourth-order valence-corrected chi connectivity index (χ4v) is 1.43. The van der Waals surface area contributed by atoms with Crippen molar-refractivity contribution in [3.63, 3.8) is 0 Å². The second-order valence-electron chi connectivity index (χ2n) is 3.16. The Bertz CT molecular complexity index is 217. The molecule has 0 spiro atoms. The van der Waals surface area contributed by atoms with Gasteiger partial charge >= 0.3 is 0 Å². The van der Waals surface area contributed by atoms with E-state index >= 15 is 0 Å². The predicted octanol–water partition coefficient (Wildman–Crippen LogP) is -1.03. The molecule has 13 heavy (non-hydrogen) atoms. The van der Waals surface area contributed by atoms with Gasteiger partial charge in [-0.2, -0.15) is 0 Å². The Morgan fingerprint density at radius 3 is 2.77 bits per heavy atom. The molecular formula is C8H14N2O3. The van der Waals surface area contributed by atoms with Crippen LogP contribution in [0.3, 0.4) is 0 Å². The van der Waals surface area contributed by atoms with E-state index in [4.69, 9.17) is 10.5 Å². The van der Waals surface area contributed by atoms with E-state index in [2.05, 4.69) is 0 Å². The molecule has 1 aliphatic rings. The number of hydrogen-bond acceptors (Lipinski definition) is 3. The van der Waals surface area contributed by atoms with Crippen molar-refractivity contribution in [3.8, 4) is 0 Å². The van der Waals surface area contributed by atoms with Crippen LogP contribution in [0.25, 0.3) is 0 Å². The highest BCUT2D eigenvalue weighted by atomic mass is 16.5. The molecule has 1 rings (SSSR count). The average Bonchev–Trinajstić information content (AvgIpc) is 2.52. The van der Waals surface area contributed by atoms with Crippen LogP contribution in [0.5, 0.6) is 0 Å². The molecule has 0 bridgehead atoms. The van der Waals surface area contributed by atoms with Crippen LogP contribution in [-0.2, 0) is 14.3 Å². The van der Waals surface area contributed by atoms with E-state index in [0.29, 0.717) is 19.5 Å². The average molecular weight is 186 g/mol. The van der Waals surface area contributed by atoms with Crippen LogP contribution in [0.4, 0.5) is 0 Å². The predicted molar refractivity (Wildman–Crippen MR) is 45.8 cm³/mol. The van der Waals surface area contributed by atoms with Crippen LogP contribution in [-0.4, -0.2) is 43.5 Å². The van der Waals surface area contributed by atoms with Crippen molar-refractivity contribution in [2.24, 2.45) is 11.7 Å². The number of carbonyl (C=O) groups excluding carboxylic acids is 2. The van der Waals surface area contributed by atoms with Crippen molar-refractivity contribution in [2.45, 2.75) is 6.42 Å². The summed E-state index contributed by atoms with van der Waals surface area (Å²) in [5, 5.41) is 0. The zero-order valence-electron chi connectivity index (χ0n) is 7.66. The largest absolute Gasteiger partial charge is 0.375 e. The van der Waals surface area contributed by atoms with Crippen LogP contribution in [0.2, 0.25) is 0 Å². The minimum Gasteiger partial charge on any atom is -0.375 e. The molecule has 0 aromatic carbocycles. The number of amides is 2. The van der Waals surface area contributed by atoms with Crippen molar-refractivity contribution in [3.05, 3.63) is 0 Å². The third-order valence-electron chi connectivity index (χ3n) is 2.21. The first-order chi connectivity index (χ1) is 6.15. The number of primary amides is 1. The van der Waals surface area contributed by atoms with E-state index in [1.807, 2.05) is 0 Å². The van der Waals surface area contributed by atoms with E-state index < -0.39 is 0 Å². The van der Waals surface area contributed by atoms with Gasteiger partial charge in [0.2, 0.25) is 11.8 Å².